The number of hydrogen-bond acceptors (Lipinski definition) is 4. The predicted molar refractivity (Wildman–Crippen MR) is 65.4 cm³/mol. The molecule has 1 heterocycles. The first-order chi connectivity index (χ1) is 8.15. The number of amides is 1. The Balaban J connectivity index is 2.48. The lowest BCUT2D eigenvalue weighted by Crippen LogP contribution is -2.53. The van der Waals surface area contributed by atoms with Gasteiger partial charge in [-0.1, -0.05) is 13.0 Å². The number of fused-ring (bicyclic) bond motifs is 1. The zero-order chi connectivity index (χ0) is 12.5. The monoisotopic (exact) mass is 231 g/mol. The molecule has 1 aliphatic heterocycles. The van der Waals surface area contributed by atoms with Gasteiger partial charge in [0.2, 0.25) is 0 Å². The molecular weight excluding hydrogens is 218 g/mol. The lowest BCUT2D eigenvalue weighted by molar-refractivity contribution is -0.123. The number of benzene rings is 1. The van der Waals surface area contributed by atoms with Gasteiger partial charge in [0.1, 0.15) is 5.75 Å². The van der Waals surface area contributed by atoms with Gasteiger partial charge in [-0.15, -0.1) is 0 Å². The summed E-state index contributed by atoms with van der Waals surface area (Å²) in [6, 6.07) is 5.49. The average molecular weight is 231 g/mol. The van der Waals surface area contributed by atoms with Gasteiger partial charge in [-0.25, -0.2) is 0 Å². The van der Waals surface area contributed by atoms with Crippen molar-refractivity contribution in [1.29, 1.82) is 10.8 Å². The van der Waals surface area contributed by atoms with Crippen molar-refractivity contribution in [3.8, 4) is 5.75 Å². The summed E-state index contributed by atoms with van der Waals surface area (Å²) in [4.78, 5) is 11.8. The molecular formula is C12H13N3O2. The first kappa shape index (κ1) is 11.3. The molecule has 0 radical (unpaired) electrons. The van der Waals surface area contributed by atoms with Gasteiger partial charge in [0, 0.05) is 0 Å². The van der Waals surface area contributed by atoms with E-state index in [9.17, 15) is 4.79 Å². The van der Waals surface area contributed by atoms with E-state index < -0.39 is 11.5 Å². The second-order valence-electron chi connectivity index (χ2n) is 3.82. The van der Waals surface area contributed by atoms with Crippen molar-refractivity contribution in [3.63, 3.8) is 0 Å². The molecule has 0 saturated heterocycles. The summed E-state index contributed by atoms with van der Waals surface area (Å²) in [5.41, 5.74) is 0.0367. The number of carbonyl (C=O) groups is 1. The van der Waals surface area contributed by atoms with E-state index in [1.165, 1.54) is 0 Å². The molecule has 0 fully saturated rings. The normalized spacial score (nSPS) is 22.1. The quantitative estimate of drug-likeness (QED) is 0.690. The van der Waals surface area contributed by atoms with Gasteiger partial charge in [-0.05, 0) is 24.1 Å². The molecule has 0 aliphatic carbocycles. The number of anilines is 1. The van der Waals surface area contributed by atoms with Crippen molar-refractivity contribution in [3.05, 3.63) is 23.8 Å². The molecule has 3 N–H and O–H groups in total. The Hall–Kier alpha value is -2.17. The van der Waals surface area contributed by atoms with Crippen molar-refractivity contribution < 1.29 is 9.53 Å². The van der Waals surface area contributed by atoms with Gasteiger partial charge in [0.25, 0.3) is 11.5 Å². The molecule has 0 saturated carbocycles. The Bertz CT molecular complexity index is 489. The fourth-order valence-corrected chi connectivity index (χ4v) is 1.65. The minimum atomic E-state index is -1.61. The second kappa shape index (κ2) is 4.01. The van der Waals surface area contributed by atoms with Crippen LogP contribution in [-0.2, 0) is 11.2 Å². The van der Waals surface area contributed by atoms with E-state index in [4.69, 9.17) is 15.6 Å². The van der Waals surface area contributed by atoms with E-state index in [2.05, 4.69) is 5.32 Å². The lowest BCUT2D eigenvalue weighted by atomic mass is 10.0. The van der Waals surface area contributed by atoms with Crippen LogP contribution in [0.2, 0.25) is 0 Å². The summed E-state index contributed by atoms with van der Waals surface area (Å²) >= 11 is 0. The van der Waals surface area contributed by atoms with Crippen LogP contribution in [0.4, 0.5) is 5.69 Å². The number of aryl methyl sites for hydroxylation is 1. The Morgan fingerprint density at radius 1 is 1.41 bits per heavy atom. The summed E-state index contributed by atoms with van der Waals surface area (Å²) in [7, 11) is 0. The van der Waals surface area contributed by atoms with Crippen LogP contribution in [0.3, 0.4) is 0 Å². The number of ether oxygens (including phenoxy) is 1. The molecule has 5 heteroatoms. The summed E-state index contributed by atoms with van der Waals surface area (Å²) in [5.74, 6) is -0.0183. The third kappa shape index (κ3) is 1.69. The molecule has 1 aliphatic rings. The topological polar surface area (TPSA) is 86.0 Å². The van der Waals surface area contributed by atoms with Crippen molar-refractivity contribution in [2.45, 2.75) is 18.9 Å². The van der Waals surface area contributed by atoms with E-state index in [-0.39, 0.29) is 0 Å². The molecule has 17 heavy (non-hydrogen) atoms. The Kier molecular flexibility index (Phi) is 2.67. The summed E-state index contributed by atoms with van der Waals surface area (Å²) in [6.45, 7) is 2.02. The fourth-order valence-electron chi connectivity index (χ4n) is 1.65. The Labute approximate surface area is 98.8 Å². The molecule has 88 valence electrons. The Morgan fingerprint density at radius 2 is 2.12 bits per heavy atom. The average Bonchev–Trinajstić information content (AvgIpc) is 2.37. The zero-order valence-corrected chi connectivity index (χ0v) is 9.41. The van der Waals surface area contributed by atoms with E-state index in [0.717, 1.165) is 24.4 Å². The molecule has 0 atom stereocenters. The standard InChI is InChI=1S/C12H13N3O2/c1-2-8-3-4-9-10(5-8)17-12(6-13,7-14)11(16)15-9/h3-7,13-14H,2H2,1H3,(H,15,16). The molecule has 5 nitrogen and oxygen atoms in total. The zero-order valence-electron chi connectivity index (χ0n) is 9.41. The van der Waals surface area contributed by atoms with Crippen LogP contribution in [-0.4, -0.2) is 23.9 Å². The lowest BCUT2D eigenvalue weighted by Gasteiger charge is -2.31. The van der Waals surface area contributed by atoms with Gasteiger partial charge >= 0.3 is 0 Å². The van der Waals surface area contributed by atoms with Gasteiger partial charge < -0.3 is 20.9 Å². The first-order valence-corrected chi connectivity index (χ1v) is 5.32. The molecule has 0 aromatic heterocycles. The highest BCUT2D eigenvalue weighted by atomic mass is 16.5. The van der Waals surface area contributed by atoms with E-state index in [1.807, 2.05) is 19.1 Å². The van der Waals surface area contributed by atoms with Crippen molar-refractivity contribution in [1.82, 2.24) is 0 Å². The maximum absolute atomic E-state index is 11.8. The van der Waals surface area contributed by atoms with Gasteiger partial charge in [-0.3, -0.25) is 4.79 Å². The third-order valence-corrected chi connectivity index (χ3v) is 2.77. The third-order valence-electron chi connectivity index (χ3n) is 2.77. The van der Waals surface area contributed by atoms with E-state index in [1.54, 1.807) is 6.07 Å². The van der Waals surface area contributed by atoms with Crippen LogP contribution in [0.25, 0.3) is 0 Å². The minimum Gasteiger partial charge on any atom is -0.464 e. The van der Waals surface area contributed by atoms with Gasteiger partial charge in [0.15, 0.2) is 0 Å². The minimum absolute atomic E-state index is 0.496. The molecule has 0 bridgehead atoms. The summed E-state index contributed by atoms with van der Waals surface area (Å²) in [6.07, 6.45) is 2.51. The van der Waals surface area contributed by atoms with Crippen molar-refractivity contribution in [2.24, 2.45) is 0 Å². The van der Waals surface area contributed by atoms with Crippen LogP contribution < -0.4 is 10.1 Å². The molecule has 0 unspecified atom stereocenters. The SMILES string of the molecule is CCc1ccc2c(c1)OC(C=N)(C=N)C(=O)N2. The van der Waals surface area contributed by atoms with Crippen LogP contribution in [0, 0.1) is 10.8 Å². The van der Waals surface area contributed by atoms with Gasteiger partial charge in [-0.2, -0.15) is 0 Å². The number of rotatable bonds is 3. The van der Waals surface area contributed by atoms with Crippen LogP contribution >= 0.6 is 0 Å². The van der Waals surface area contributed by atoms with Crippen LogP contribution in [0.1, 0.15) is 12.5 Å². The van der Waals surface area contributed by atoms with Crippen LogP contribution in [0.5, 0.6) is 5.75 Å². The first-order valence-electron chi connectivity index (χ1n) is 5.32. The number of carbonyl (C=O) groups excluding carboxylic acids is 1. The number of hydrogen-bond donors (Lipinski definition) is 3. The maximum atomic E-state index is 11.8. The Morgan fingerprint density at radius 3 is 2.71 bits per heavy atom. The van der Waals surface area contributed by atoms with Crippen LogP contribution in [0.15, 0.2) is 18.2 Å². The number of nitrogens with one attached hydrogen (secondary N) is 3. The molecule has 2 rings (SSSR count). The van der Waals surface area contributed by atoms with Gasteiger partial charge in [0.05, 0.1) is 18.1 Å². The molecule has 1 aromatic carbocycles. The summed E-state index contributed by atoms with van der Waals surface area (Å²) < 4.78 is 5.47. The predicted octanol–water partition coefficient (Wildman–Crippen LogP) is 1.62. The smallest absolute Gasteiger partial charge is 0.280 e. The highest BCUT2D eigenvalue weighted by Crippen LogP contribution is 2.33. The van der Waals surface area contributed by atoms with E-state index >= 15 is 0 Å². The second-order valence-corrected chi connectivity index (χ2v) is 3.82. The molecule has 1 aromatic rings. The van der Waals surface area contributed by atoms with Crippen molar-refractivity contribution >= 4 is 24.0 Å². The highest BCUT2D eigenvalue weighted by Gasteiger charge is 2.41. The maximum Gasteiger partial charge on any atom is 0.280 e. The molecule has 1 amide bonds. The fraction of sp³-hybridized carbons (Fsp3) is 0.250. The highest BCUT2D eigenvalue weighted by molar-refractivity contribution is 6.22. The van der Waals surface area contributed by atoms with Crippen molar-refractivity contribution in [2.75, 3.05) is 5.32 Å². The van der Waals surface area contributed by atoms with E-state index in [0.29, 0.717) is 11.4 Å². The molecule has 0 spiro atoms. The summed E-state index contributed by atoms with van der Waals surface area (Å²) in [5, 5.41) is 17.1. The largest absolute Gasteiger partial charge is 0.464 e.